The minimum Gasteiger partial charge on any atom is -0.493 e. The third-order valence-electron chi connectivity index (χ3n) is 5.66. The van der Waals surface area contributed by atoms with Gasteiger partial charge in [0.2, 0.25) is 0 Å². The summed E-state index contributed by atoms with van der Waals surface area (Å²) in [6, 6.07) is 16.1. The molecule has 0 saturated carbocycles. The highest BCUT2D eigenvalue weighted by molar-refractivity contribution is 14.1. The lowest BCUT2D eigenvalue weighted by Crippen LogP contribution is -2.25. The number of rotatable bonds is 12. The Labute approximate surface area is 219 Å². The molecule has 34 heavy (non-hydrogen) atoms. The van der Waals surface area contributed by atoms with Crippen molar-refractivity contribution >= 4 is 34.2 Å². The summed E-state index contributed by atoms with van der Waals surface area (Å²) >= 11 is 7.90. The number of halogens is 2. The number of ether oxygens (including phenoxy) is 2. The molecule has 0 spiro atoms. The van der Waals surface area contributed by atoms with Crippen LogP contribution in [0.15, 0.2) is 48.5 Å². The third-order valence-corrected chi connectivity index (χ3v) is 7.37. The summed E-state index contributed by atoms with van der Waals surface area (Å²) < 4.78 is 13.8. The van der Waals surface area contributed by atoms with Gasteiger partial charge in [-0.1, -0.05) is 50.3 Å². The number of hydrogen-bond acceptors (Lipinski definition) is 6. The van der Waals surface area contributed by atoms with Crippen LogP contribution in [0, 0.1) is 9.62 Å². The van der Waals surface area contributed by atoms with E-state index in [-0.39, 0.29) is 25.2 Å². The fraction of sp³-hybridized carbons (Fsp3) is 0.440. The Morgan fingerprint density at radius 3 is 2.00 bits per heavy atom. The Balaban J connectivity index is 1.56. The first-order valence-corrected chi connectivity index (χ1v) is 12.7. The molecular weight excluding hydrogens is 565 g/mol. The molecule has 2 N–H and O–H groups in total. The zero-order chi connectivity index (χ0) is 24.7. The van der Waals surface area contributed by atoms with Crippen molar-refractivity contribution in [3.8, 4) is 11.5 Å². The van der Waals surface area contributed by atoms with Crippen LogP contribution < -0.4 is 9.47 Å². The minimum absolute atomic E-state index is 0.122. The minimum atomic E-state index is -0.758. The lowest BCUT2D eigenvalue weighted by Gasteiger charge is -2.26. The standard InChI is InChI=1S/C25H31ClIN3O4/c1-17(12-26)15-33-21-8-4-18(5-9-21)25(2,3)19-6-10-22(11-7-19)34-16-20(32)13-30-24(27)23(14-31)28-29-30/h4-11,17,20,31-32H,12-16H2,1-3H3/t17-,20+/m1/s1/i27-4. The third kappa shape index (κ3) is 6.84. The molecule has 0 fully saturated rings. The fourth-order valence-electron chi connectivity index (χ4n) is 3.38. The van der Waals surface area contributed by atoms with Gasteiger partial charge in [0.05, 0.1) is 19.8 Å². The quantitative estimate of drug-likeness (QED) is 0.239. The molecule has 3 aromatic rings. The normalized spacial score (nSPS) is 13.5. The van der Waals surface area contributed by atoms with E-state index in [9.17, 15) is 10.2 Å². The Kier molecular flexibility index (Phi) is 9.58. The van der Waals surface area contributed by atoms with Gasteiger partial charge in [-0.15, -0.1) is 16.7 Å². The molecule has 0 aliphatic rings. The summed E-state index contributed by atoms with van der Waals surface area (Å²) in [5, 5.41) is 27.4. The number of benzene rings is 2. The first-order valence-electron chi connectivity index (χ1n) is 11.1. The highest BCUT2D eigenvalue weighted by Gasteiger charge is 2.23. The molecule has 2 aromatic carbocycles. The van der Waals surface area contributed by atoms with Gasteiger partial charge in [0.15, 0.2) is 0 Å². The summed E-state index contributed by atoms with van der Waals surface area (Å²) in [6.45, 7) is 7.20. The van der Waals surface area contributed by atoms with Gasteiger partial charge in [-0.05, 0) is 58.0 Å². The lowest BCUT2D eigenvalue weighted by molar-refractivity contribution is 0.0881. The van der Waals surface area contributed by atoms with Gasteiger partial charge in [0.25, 0.3) is 0 Å². The van der Waals surface area contributed by atoms with Crippen LogP contribution in [0.1, 0.15) is 37.6 Å². The monoisotopic (exact) mass is 595 g/mol. The maximum Gasteiger partial charge on any atom is 0.125 e. The second-order valence-electron chi connectivity index (χ2n) is 8.88. The molecule has 0 saturated heterocycles. The molecular formula is C25H31ClIN3O4. The second kappa shape index (κ2) is 12.2. The molecule has 9 heteroatoms. The molecule has 0 aliphatic heterocycles. The first kappa shape index (κ1) is 26.7. The molecule has 1 aromatic heterocycles. The van der Waals surface area contributed by atoms with Crippen LogP contribution in [-0.2, 0) is 18.6 Å². The van der Waals surface area contributed by atoms with Crippen molar-refractivity contribution in [2.24, 2.45) is 5.92 Å². The van der Waals surface area contributed by atoms with Gasteiger partial charge in [0, 0.05) is 17.2 Å². The van der Waals surface area contributed by atoms with Crippen LogP contribution >= 0.6 is 34.2 Å². The van der Waals surface area contributed by atoms with Crippen LogP contribution in [0.5, 0.6) is 11.5 Å². The van der Waals surface area contributed by atoms with Crippen LogP contribution in [-0.4, -0.2) is 50.4 Å². The van der Waals surface area contributed by atoms with Crippen molar-refractivity contribution in [3.05, 3.63) is 69.1 Å². The number of aliphatic hydroxyl groups is 2. The molecule has 0 radical (unpaired) electrons. The molecule has 0 amide bonds. The molecule has 184 valence electrons. The summed E-state index contributed by atoms with van der Waals surface area (Å²) in [5.74, 6) is 2.41. The van der Waals surface area contributed by atoms with Crippen molar-refractivity contribution in [2.75, 3.05) is 19.1 Å². The van der Waals surface area contributed by atoms with E-state index in [0.717, 1.165) is 11.3 Å². The average Bonchev–Trinajstić information content (AvgIpc) is 3.20. The summed E-state index contributed by atoms with van der Waals surface area (Å²) in [4.78, 5) is 0. The largest absolute Gasteiger partial charge is 0.493 e. The molecule has 0 aliphatic carbocycles. The van der Waals surface area contributed by atoms with Gasteiger partial charge in [-0.25, -0.2) is 4.68 Å². The van der Waals surface area contributed by atoms with Crippen LogP contribution in [0.2, 0.25) is 0 Å². The van der Waals surface area contributed by atoms with Gasteiger partial charge in [-0.2, -0.15) is 0 Å². The van der Waals surface area contributed by atoms with E-state index in [0.29, 0.717) is 33.5 Å². The molecule has 3 rings (SSSR count). The number of aromatic nitrogens is 3. The van der Waals surface area contributed by atoms with E-state index in [1.54, 1.807) is 4.68 Å². The summed E-state index contributed by atoms with van der Waals surface area (Å²) in [5.41, 5.74) is 2.63. The molecule has 1 heterocycles. The zero-order valence-electron chi connectivity index (χ0n) is 19.6. The number of nitrogens with zero attached hydrogens (tertiary/aromatic N) is 3. The second-order valence-corrected chi connectivity index (χ2v) is 10.2. The number of alkyl halides is 1. The number of aliphatic hydroxyl groups excluding tert-OH is 2. The van der Waals surface area contributed by atoms with Crippen LogP contribution in [0.25, 0.3) is 0 Å². The van der Waals surface area contributed by atoms with Crippen molar-refractivity contribution in [1.82, 2.24) is 15.0 Å². The van der Waals surface area contributed by atoms with E-state index < -0.39 is 6.10 Å². The number of hydrogen-bond donors (Lipinski definition) is 2. The maximum atomic E-state index is 10.3. The SMILES string of the molecule is C[C@H](CCl)COc1ccc(C(C)(C)c2ccc(OC[C@@H](O)Cn3nnc(CO)c3[123I])cc2)cc1. The van der Waals surface area contributed by atoms with Gasteiger partial charge in [-0.3, -0.25) is 0 Å². The molecule has 0 bridgehead atoms. The smallest absolute Gasteiger partial charge is 0.125 e. The van der Waals surface area contributed by atoms with Crippen molar-refractivity contribution in [1.29, 1.82) is 0 Å². The molecule has 0 unspecified atom stereocenters. The Morgan fingerprint density at radius 2 is 1.53 bits per heavy atom. The van der Waals surface area contributed by atoms with E-state index in [1.165, 1.54) is 5.56 Å². The molecule has 2 atom stereocenters. The van der Waals surface area contributed by atoms with Crippen LogP contribution in [0.4, 0.5) is 0 Å². The van der Waals surface area contributed by atoms with Crippen molar-refractivity contribution in [3.63, 3.8) is 0 Å². The summed E-state index contributed by atoms with van der Waals surface area (Å²) in [6.07, 6.45) is -0.758. The zero-order valence-corrected chi connectivity index (χ0v) is 22.5. The van der Waals surface area contributed by atoms with Gasteiger partial charge in [0.1, 0.15) is 33.6 Å². The molecule has 7 nitrogen and oxygen atoms in total. The van der Waals surface area contributed by atoms with Crippen molar-refractivity contribution in [2.45, 2.75) is 45.4 Å². The van der Waals surface area contributed by atoms with Gasteiger partial charge >= 0.3 is 0 Å². The van der Waals surface area contributed by atoms with E-state index >= 15 is 0 Å². The Hall–Kier alpha value is -1.88. The van der Waals surface area contributed by atoms with Crippen LogP contribution in [0.3, 0.4) is 0 Å². The predicted octanol–water partition coefficient (Wildman–Crippen LogP) is 4.39. The van der Waals surface area contributed by atoms with E-state index in [4.69, 9.17) is 21.1 Å². The summed E-state index contributed by atoms with van der Waals surface area (Å²) in [7, 11) is 0. The average molecular weight is 596 g/mol. The van der Waals surface area contributed by atoms with Crippen molar-refractivity contribution < 1.29 is 19.7 Å². The Bertz CT molecular complexity index is 1040. The van der Waals surface area contributed by atoms with Gasteiger partial charge < -0.3 is 19.7 Å². The topological polar surface area (TPSA) is 89.6 Å². The predicted molar refractivity (Wildman–Crippen MR) is 141 cm³/mol. The van der Waals surface area contributed by atoms with E-state index in [1.807, 2.05) is 59.0 Å². The fourth-order valence-corrected chi connectivity index (χ4v) is 4.04. The maximum absolute atomic E-state index is 10.3. The lowest BCUT2D eigenvalue weighted by atomic mass is 9.78. The highest BCUT2D eigenvalue weighted by atomic mass is 123. The highest BCUT2D eigenvalue weighted by Crippen LogP contribution is 2.33. The van der Waals surface area contributed by atoms with E-state index in [2.05, 4.69) is 43.2 Å². The first-order chi connectivity index (χ1) is 16.2. The Morgan fingerprint density at radius 1 is 1.00 bits per heavy atom.